The number of aliphatic imine (C=N–C) groups is 1. The van der Waals surface area contributed by atoms with E-state index in [4.69, 9.17) is 0 Å². The zero-order valence-corrected chi connectivity index (χ0v) is 8.12. The molecule has 0 aliphatic rings. The second-order valence-corrected chi connectivity index (χ2v) is 3.18. The van der Waals surface area contributed by atoms with E-state index in [0.717, 1.165) is 16.9 Å². The molecule has 0 radical (unpaired) electrons. The lowest BCUT2D eigenvalue weighted by atomic mass is 10.1. The van der Waals surface area contributed by atoms with Crippen molar-refractivity contribution in [1.29, 1.82) is 0 Å². The molecule has 1 aromatic rings. The first-order valence-corrected chi connectivity index (χ1v) is 4.28. The molecule has 0 unspecified atom stereocenters. The van der Waals surface area contributed by atoms with Gasteiger partial charge in [0.05, 0.1) is 5.69 Å². The Kier molecular flexibility index (Phi) is 2.96. The SMILES string of the molecule is C=Cc1cnc(C(C)C)cc1N=C. The highest BCUT2D eigenvalue weighted by Crippen LogP contribution is 2.23. The summed E-state index contributed by atoms with van der Waals surface area (Å²) in [6, 6.07) is 1.95. The predicted octanol–water partition coefficient (Wildman–Crippen LogP) is 3.18. The average Bonchev–Trinajstić information content (AvgIpc) is 2.16. The molecule has 1 heterocycles. The van der Waals surface area contributed by atoms with Gasteiger partial charge in [-0.25, -0.2) is 0 Å². The minimum atomic E-state index is 0.416. The molecule has 0 aromatic carbocycles. The highest BCUT2D eigenvalue weighted by atomic mass is 14.7. The van der Waals surface area contributed by atoms with Gasteiger partial charge in [-0.15, -0.1) is 0 Å². The van der Waals surface area contributed by atoms with Crippen LogP contribution in [0.1, 0.15) is 31.0 Å². The molecule has 0 aliphatic carbocycles. The summed E-state index contributed by atoms with van der Waals surface area (Å²) in [5.74, 6) is 0.416. The van der Waals surface area contributed by atoms with E-state index in [2.05, 4.69) is 37.1 Å². The summed E-state index contributed by atoms with van der Waals surface area (Å²) in [6.45, 7) is 11.4. The van der Waals surface area contributed by atoms with E-state index in [9.17, 15) is 0 Å². The molecule has 2 nitrogen and oxygen atoms in total. The molecular formula is C11H14N2. The first kappa shape index (κ1) is 9.65. The van der Waals surface area contributed by atoms with E-state index in [1.807, 2.05) is 6.07 Å². The maximum Gasteiger partial charge on any atom is 0.0728 e. The van der Waals surface area contributed by atoms with E-state index < -0.39 is 0 Å². The summed E-state index contributed by atoms with van der Waals surface area (Å²) < 4.78 is 0. The lowest BCUT2D eigenvalue weighted by molar-refractivity contribution is 0.822. The van der Waals surface area contributed by atoms with Crippen molar-refractivity contribution in [2.45, 2.75) is 19.8 Å². The molecule has 1 rings (SSSR count). The van der Waals surface area contributed by atoms with Gasteiger partial charge in [0.25, 0.3) is 0 Å². The molecule has 0 fully saturated rings. The van der Waals surface area contributed by atoms with Crippen LogP contribution in [0, 0.1) is 0 Å². The highest BCUT2D eigenvalue weighted by Gasteiger charge is 2.03. The van der Waals surface area contributed by atoms with Crippen molar-refractivity contribution in [2.75, 3.05) is 0 Å². The van der Waals surface area contributed by atoms with E-state index >= 15 is 0 Å². The minimum Gasteiger partial charge on any atom is -0.264 e. The van der Waals surface area contributed by atoms with Crippen LogP contribution >= 0.6 is 0 Å². The molecule has 0 aliphatic heterocycles. The molecule has 0 amide bonds. The molecule has 0 atom stereocenters. The van der Waals surface area contributed by atoms with Crippen LogP contribution in [0.3, 0.4) is 0 Å². The van der Waals surface area contributed by atoms with Crippen molar-refractivity contribution in [2.24, 2.45) is 4.99 Å². The summed E-state index contributed by atoms with van der Waals surface area (Å²) in [7, 11) is 0. The normalized spacial score (nSPS) is 10.1. The number of rotatable bonds is 3. The van der Waals surface area contributed by atoms with E-state index in [1.165, 1.54) is 0 Å². The molecule has 0 N–H and O–H groups in total. The number of pyridine rings is 1. The standard InChI is InChI=1S/C11H14N2/c1-5-9-7-13-10(8(2)3)6-11(9)12-4/h5-8H,1,4H2,2-3H3. The van der Waals surface area contributed by atoms with Gasteiger partial charge < -0.3 is 0 Å². The van der Waals surface area contributed by atoms with Crippen LogP contribution in [0.4, 0.5) is 5.69 Å². The molecule has 0 saturated heterocycles. The van der Waals surface area contributed by atoms with Gasteiger partial charge in [-0.2, -0.15) is 0 Å². The average molecular weight is 174 g/mol. The summed E-state index contributed by atoms with van der Waals surface area (Å²) in [5.41, 5.74) is 2.82. The lowest BCUT2D eigenvalue weighted by Crippen LogP contribution is -1.92. The largest absolute Gasteiger partial charge is 0.264 e. The first-order chi connectivity index (χ1) is 6.19. The van der Waals surface area contributed by atoms with Crippen molar-refractivity contribution in [3.63, 3.8) is 0 Å². The number of hydrogen-bond acceptors (Lipinski definition) is 2. The molecule has 68 valence electrons. The lowest BCUT2D eigenvalue weighted by Gasteiger charge is -2.06. The van der Waals surface area contributed by atoms with Crippen LogP contribution in [-0.2, 0) is 0 Å². The third-order valence-corrected chi connectivity index (χ3v) is 1.91. The van der Waals surface area contributed by atoms with Crippen LogP contribution in [0.2, 0.25) is 0 Å². The Labute approximate surface area is 79.0 Å². The predicted molar refractivity (Wildman–Crippen MR) is 57.6 cm³/mol. The topological polar surface area (TPSA) is 25.2 Å². The molecule has 0 saturated carbocycles. The zero-order valence-electron chi connectivity index (χ0n) is 8.12. The maximum atomic E-state index is 4.30. The van der Waals surface area contributed by atoms with Crippen LogP contribution in [0.15, 0.2) is 23.8 Å². The summed E-state index contributed by atoms with van der Waals surface area (Å²) in [5, 5.41) is 0. The van der Waals surface area contributed by atoms with Gasteiger partial charge >= 0.3 is 0 Å². The Bertz CT molecular complexity index is 327. The number of nitrogens with zero attached hydrogens (tertiary/aromatic N) is 2. The Hall–Kier alpha value is -1.44. The van der Waals surface area contributed by atoms with Crippen molar-refractivity contribution >= 4 is 18.5 Å². The monoisotopic (exact) mass is 174 g/mol. The Morgan fingerprint density at radius 2 is 2.23 bits per heavy atom. The van der Waals surface area contributed by atoms with E-state index in [0.29, 0.717) is 5.92 Å². The maximum absolute atomic E-state index is 4.30. The summed E-state index contributed by atoms with van der Waals surface area (Å²) in [6.07, 6.45) is 3.52. The molecule has 2 heteroatoms. The van der Waals surface area contributed by atoms with Gasteiger partial charge in [-0.05, 0) is 18.7 Å². The van der Waals surface area contributed by atoms with E-state index in [-0.39, 0.29) is 0 Å². The van der Waals surface area contributed by atoms with Gasteiger partial charge in [0, 0.05) is 17.5 Å². The van der Waals surface area contributed by atoms with Gasteiger partial charge in [0.2, 0.25) is 0 Å². The van der Waals surface area contributed by atoms with Gasteiger partial charge in [0.1, 0.15) is 0 Å². The fourth-order valence-electron chi connectivity index (χ4n) is 1.08. The van der Waals surface area contributed by atoms with Crippen LogP contribution in [-0.4, -0.2) is 11.7 Å². The van der Waals surface area contributed by atoms with Crippen molar-refractivity contribution < 1.29 is 0 Å². The van der Waals surface area contributed by atoms with E-state index in [1.54, 1.807) is 12.3 Å². The zero-order chi connectivity index (χ0) is 9.84. The smallest absolute Gasteiger partial charge is 0.0728 e. The van der Waals surface area contributed by atoms with Crippen LogP contribution in [0.25, 0.3) is 6.08 Å². The molecule has 13 heavy (non-hydrogen) atoms. The molecule has 1 aromatic heterocycles. The third-order valence-electron chi connectivity index (χ3n) is 1.91. The van der Waals surface area contributed by atoms with Crippen molar-refractivity contribution in [1.82, 2.24) is 4.98 Å². The Morgan fingerprint density at radius 3 is 2.69 bits per heavy atom. The Morgan fingerprint density at radius 1 is 1.54 bits per heavy atom. The fraction of sp³-hybridized carbons (Fsp3) is 0.273. The molecule has 0 spiro atoms. The first-order valence-electron chi connectivity index (χ1n) is 4.28. The quantitative estimate of drug-likeness (QED) is 0.646. The van der Waals surface area contributed by atoms with Gasteiger partial charge in [-0.3, -0.25) is 9.98 Å². The minimum absolute atomic E-state index is 0.416. The second-order valence-electron chi connectivity index (χ2n) is 3.18. The number of hydrogen-bond donors (Lipinski definition) is 0. The third kappa shape index (κ3) is 2.02. The van der Waals surface area contributed by atoms with Crippen LogP contribution in [0.5, 0.6) is 0 Å². The fourth-order valence-corrected chi connectivity index (χ4v) is 1.08. The van der Waals surface area contributed by atoms with Gasteiger partial charge in [0.15, 0.2) is 0 Å². The van der Waals surface area contributed by atoms with Crippen molar-refractivity contribution in [3.8, 4) is 0 Å². The Balaban J connectivity index is 3.20. The van der Waals surface area contributed by atoms with Crippen LogP contribution < -0.4 is 0 Å². The van der Waals surface area contributed by atoms with Gasteiger partial charge in [-0.1, -0.05) is 26.5 Å². The summed E-state index contributed by atoms with van der Waals surface area (Å²) in [4.78, 5) is 8.22. The summed E-state index contributed by atoms with van der Waals surface area (Å²) >= 11 is 0. The number of aromatic nitrogens is 1. The molecular weight excluding hydrogens is 160 g/mol. The molecule has 0 bridgehead atoms. The highest BCUT2D eigenvalue weighted by molar-refractivity contribution is 5.64. The van der Waals surface area contributed by atoms with Crippen molar-refractivity contribution in [3.05, 3.63) is 30.1 Å². The second kappa shape index (κ2) is 3.99.